The van der Waals surface area contributed by atoms with Crippen molar-refractivity contribution in [1.82, 2.24) is 0 Å². The molecule has 1 heterocycles. The lowest BCUT2D eigenvalue weighted by molar-refractivity contribution is 0.0702. The third-order valence-corrected chi connectivity index (χ3v) is 3.49. The van der Waals surface area contributed by atoms with Crippen LogP contribution in [0.15, 0.2) is 29.6 Å². The summed E-state index contributed by atoms with van der Waals surface area (Å²) in [5.74, 6) is 0.128. The lowest BCUT2D eigenvalue weighted by atomic mass is 10.1. The first kappa shape index (κ1) is 13.9. The molecule has 0 fully saturated rings. The van der Waals surface area contributed by atoms with Crippen molar-refractivity contribution in [3.8, 4) is 17.6 Å². The van der Waals surface area contributed by atoms with Crippen LogP contribution in [0.1, 0.15) is 20.8 Å². The highest BCUT2D eigenvalue weighted by molar-refractivity contribution is 7.12. The van der Waals surface area contributed by atoms with E-state index in [2.05, 4.69) is 0 Å². The molecule has 0 saturated heterocycles. The summed E-state index contributed by atoms with van der Waals surface area (Å²) in [6, 6.07) is 8.56. The van der Waals surface area contributed by atoms with E-state index >= 15 is 0 Å². The van der Waals surface area contributed by atoms with Gasteiger partial charge < -0.3 is 14.6 Å². The summed E-state index contributed by atoms with van der Waals surface area (Å²) >= 11 is 1.10. The fraction of sp³-hybridized carbons (Fsp3) is 0.143. The van der Waals surface area contributed by atoms with Gasteiger partial charge in [-0.25, -0.2) is 4.79 Å². The van der Waals surface area contributed by atoms with Crippen LogP contribution >= 0.6 is 11.3 Å². The lowest BCUT2D eigenvalue weighted by Gasteiger charge is -2.09. The van der Waals surface area contributed by atoms with Crippen LogP contribution < -0.4 is 9.47 Å². The predicted octanol–water partition coefficient (Wildman–Crippen LogP) is 2.91. The second-order valence-electron chi connectivity index (χ2n) is 3.88. The molecule has 0 saturated carbocycles. The first-order valence-electron chi connectivity index (χ1n) is 5.65. The molecule has 0 radical (unpaired) electrons. The number of methoxy groups -OCH3 is 1. The minimum absolute atomic E-state index is 0.203. The van der Waals surface area contributed by atoms with Crippen molar-refractivity contribution in [2.45, 2.75) is 6.61 Å². The molecule has 0 aliphatic heterocycles. The number of nitriles is 1. The molecule has 5 nitrogen and oxygen atoms in total. The Morgan fingerprint density at radius 2 is 2.25 bits per heavy atom. The molecule has 2 aromatic rings. The molecular formula is C14H11NO4S. The average Bonchev–Trinajstić information content (AvgIpc) is 2.93. The van der Waals surface area contributed by atoms with E-state index in [0.29, 0.717) is 17.1 Å². The molecule has 1 aromatic carbocycles. The Morgan fingerprint density at radius 1 is 1.45 bits per heavy atom. The highest BCUT2D eigenvalue weighted by Crippen LogP contribution is 2.25. The lowest BCUT2D eigenvalue weighted by Crippen LogP contribution is -1.99. The largest absolute Gasteiger partial charge is 0.496 e. The van der Waals surface area contributed by atoms with E-state index in [1.807, 2.05) is 6.07 Å². The molecule has 1 aromatic heterocycles. The minimum Gasteiger partial charge on any atom is -0.496 e. The zero-order valence-corrected chi connectivity index (χ0v) is 11.4. The molecule has 0 spiro atoms. The Balaban J connectivity index is 2.13. The molecule has 0 bridgehead atoms. The molecule has 0 unspecified atom stereocenters. The molecule has 0 amide bonds. The standard InChI is InChI=1S/C14H11NO4S/c1-18-12-3-2-9(6-15)4-10(12)7-19-11-5-13(14(16)17)20-8-11/h2-5,8H,7H2,1H3,(H,16,17). The normalized spacial score (nSPS) is 9.80. The number of hydrogen-bond acceptors (Lipinski definition) is 5. The molecule has 0 aliphatic carbocycles. The van der Waals surface area contributed by atoms with Crippen LogP contribution in [0.2, 0.25) is 0 Å². The topological polar surface area (TPSA) is 79.5 Å². The van der Waals surface area contributed by atoms with Crippen molar-refractivity contribution >= 4 is 17.3 Å². The Morgan fingerprint density at radius 3 is 2.85 bits per heavy atom. The molecule has 0 aliphatic rings. The van der Waals surface area contributed by atoms with E-state index in [0.717, 1.165) is 16.9 Å². The number of hydrogen-bond donors (Lipinski definition) is 1. The quantitative estimate of drug-likeness (QED) is 0.915. The zero-order chi connectivity index (χ0) is 14.5. The molecule has 20 heavy (non-hydrogen) atoms. The molecule has 1 N–H and O–H groups in total. The van der Waals surface area contributed by atoms with E-state index < -0.39 is 5.97 Å². The van der Waals surface area contributed by atoms with Gasteiger partial charge in [0.25, 0.3) is 0 Å². The van der Waals surface area contributed by atoms with Crippen LogP contribution in [-0.2, 0) is 6.61 Å². The highest BCUT2D eigenvalue weighted by atomic mass is 32.1. The summed E-state index contributed by atoms with van der Waals surface area (Å²) < 4.78 is 10.7. The Labute approximate surface area is 119 Å². The minimum atomic E-state index is -0.978. The van der Waals surface area contributed by atoms with Gasteiger partial charge in [0.1, 0.15) is 23.0 Å². The SMILES string of the molecule is COc1ccc(C#N)cc1COc1csc(C(=O)O)c1. The van der Waals surface area contributed by atoms with Gasteiger partial charge >= 0.3 is 5.97 Å². The van der Waals surface area contributed by atoms with Gasteiger partial charge in [-0.1, -0.05) is 0 Å². The summed E-state index contributed by atoms with van der Waals surface area (Å²) in [6.07, 6.45) is 0. The fourth-order valence-corrected chi connectivity index (χ4v) is 2.29. The third kappa shape index (κ3) is 3.08. The van der Waals surface area contributed by atoms with Crippen LogP contribution in [0.5, 0.6) is 11.5 Å². The van der Waals surface area contributed by atoms with Crippen LogP contribution in [-0.4, -0.2) is 18.2 Å². The van der Waals surface area contributed by atoms with E-state index in [4.69, 9.17) is 19.8 Å². The van der Waals surface area contributed by atoms with Crippen molar-refractivity contribution in [2.24, 2.45) is 0 Å². The number of rotatable bonds is 5. The number of aromatic carboxylic acids is 1. The van der Waals surface area contributed by atoms with Crippen LogP contribution in [0.4, 0.5) is 0 Å². The predicted molar refractivity (Wildman–Crippen MR) is 73.3 cm³/mol. The van der Waals surface area contributed by atoms with Gasteiger partial charge in [0.05, 0.1) is 18.7 Å². The van der Waals surface area contributed by atoms with E-state index in [-0.39, 0.29) is 11.5 Å². The summed E-state index contributed by atoms with van der Waals surface area (Å²) in [5.41, 5.74) is 1.25. The molecule has 2 rings (SSSR count). The Bertz CT molecular complexity index is 672. The van der Waals surface area contributed by atoms with Gasteiger partial charge in [0.15, 0.2) is 0 Å². The maximum absolute atomic E-state index is 10.8. The number of nitrogens with zero attached hydrogens (tertiary/aromatic N) is 1. The Kier molecular flexibility index (Phi) is 4.23. The van der Waals surface area contributed by atoms with Gasteiger partial charge in [-0.05, 0) is 18.2 Å². The maximum atomic E-state index is 10.8. The van der Waals surface area contributed by atoms with Gasteiger partial charge in [0, 0.05) is 17.0 Å². The number of carbonyl (C=O) groups is 1. The first-order valence-corrected chi connectivity index (χ1v) is 6.53. The molecule has 6 heteroatoms. The first-order chi connectivity index (χ1) is 9.63. The number of ether oxygens (including phenoxy) is 2. The number of carboxylic acids is 1. The highest BCUT2D eigenvalue weighted by Gasteiger charge is 2.09. The zero-order valence-electron chi connectivity index (χ0n) is 10.6. The average molecular weight is 289 g/mol. The second kappa shape index (κ2) is 6.08. The fourth-order valence-electron chi connectivity index (χ4n) is 1.63. The van der Waals surface area contributed by atoms with Crippen molar-refractivity contribution in [3.63, 3.8) is 0 Å². The molecular weight excluding hydrogens is 278 g/mol. The summed E-state index contributed by atoms with van der Waals surface area (Å²) in [7, 11) is 1.54. The van der Waals surface area contributed by atoms with Crippen molar-refractivity contribution in [2.75, 3.05) is 7.11 Å². The van der Waals surface area contributed by atoms with Crippen molar-refractivity contribution in [3.05, 3.63) is 45.6 Å². The molecule has 0 atom stereocenters. The Hall–Kier alpha value is -2.52. The van der Waals surface area contributed by atoms with Crippen LogP contribution in [0.3, 0.4) is 0 Å². The number of carboxylic acid groups (broad SMARTS) is 1. The van der Waals surface area contributed by atoms with Crippen molar-refractivity contribution in [1.29, 1.82) is 5.26 Å². The van der Waals surface area contributed by atoms with E-state index in [1.54, 1.807) is 23.6 Å². The van der Waals surface area contributed by atoms with Gasteiger partial charge in [-0.3, -0.25) is 0 Å². The molecule has 102 valence electrons. The van der Waals surface area contributed by atoms with Gasteiger partial charge in [-0.15, -0.1) is 11.3 Å². The van der Waals surface area contributed by atoms with Crippen LogP contribution in [0, 0.1) is 11.3 Å². The van der Waals surface area contributed by atoms with Gasteiger partial charge in [0.2, 0.25) is 0 Å². The third-order valence-electron chi connectivity index (χ3n) is 2.59. The number of benzene rings is 1. The monoisotopic (exact) mass is 289 g/mol. The maximum Gasteiger partial charge on any atom is 0.346 e. The van der Waals surface area contributed by atoms with Crippen molar-refractivity contribution < 1.29 is 19.4 Å². The number of thiophene rings is 1. The van der Waals surface area contributed by atoms with Crippen LogP contribution in [0.25, 0.3) is 0 Å². The summed E-state index contributed by atoms with van der Waals surface area (Å²) in [5, 5.41) is 19.3. The van der Waals surface area contributed by atoms with Gasteiger partial charge in [-0.2, -0.15) is 5.26 Å². The second-order valence-corrected chi connectivity index (χ2v) is 4.79. The summed E-state index contributed by atoms with van der Waals surface area (Å²) in [6.45, 7) is 0.203. The van der Waals surface area contributed by atoms with E-state index in [9.17, 15) is 4.79 Å². The smallest absolute Gasteiger partial charge is 0.346 e. The van der Waals surface area contributed by atoms with E-state index in [1.165, 1.54) is 13.2 Å². The summed E-state index contributed by atoms with van der Waals surface area (Å²) in [4.78, 5) is 11.0.